The fourth-order valence-corrected chi connectivity index (χ4v) is 7.58. The average Bonchev–Trinajstić information content (AvgIpc) is 3.17. The van der Waals surface area contributed by atoms with E-state index in [-0.39, 0.29) is 0 Å². The normalized spacial score (nSPS) is 13.3. The lowest BCUT2D eigenvalue weighted by Gasteiger charge is -2.29. The Morgan fingerprint density at radius 2 is 0.673 bits per heavy atom. The maximum Gasteiger partial charge on any atom is 0.232 e. The molecule has 0 N–H and O–H groups in total. The molecule has 0 radical (unpaired) electrons. The minimum absolute atomic E-state index is 0.737. The van der Waals surface area contributed by atoms with Gasteiger partial charge in [0.25, 0.3) is 0 Å². The topological polar surface area (TPSA) is 57.6 Å². The SMILES string of the molecule is CCCCCCCCCCCCCCCCCCN(C)c1nc(N(C)CCCCCCCCCCCCCCCCCC)nc(N2CCOCC2)n1. The summed E-state index contributed by atoms with van der Waals surface area (Å²) >= 11 is 0. The summed E-state index contributed by atoms with van der Waals surface area (Å²) in [5, 5.41) is 0. The minimum atomic E-state index is 0.737. The van der Waals surface area contributed by atoms with Crippen LogP contribution in [0.4, 0.5) is 17.8 Å². The molecule has 2 rings (SSSR count). The summed E-state index contributed by atoms with van der Waals surface area (Å²) in [6.45, 7) is 9.75. The molecule has 1 aromatic heterocycles. The highest BCUT2D eigenvalue weighted by Crippen LogP contribution is 2.21. The lowest BCUT2D eigenvalue weighted by Crippen LogP contribution is -2.38. The number of unbranched alkanes of at least 4 members (excludes halogenated alkanes) is 30. The highest BCUT2D eigenvalue weighted by molar-refractivity contribution is 5.46. The molecule has 1 saturated heterocycles. The molecule has 52 heavy (non-hydrogen) atoms. The van der Waals surface area contributed by atoms with Crippen molar-refractivity contribution < 1.29 is 4.74 Å². The fraction of sp³-hybridized carbons (Fsp3) is 0.933. The number of ether oxygens (including phenoxy) is 1. The molecule has 0 aromatic carbocycles. The molecule has 0 amide bonds. The molecule has 0 saturated carbocycles. The summed E-state index contributed by atoms with van der Waals surface area (Å²) in [5.41, 5.74) is 0. The van der Waals surface area contributed by atoms with Gasteiger partial charge in [-0.15, -0.1) is 0 Å². The molecule has 0 spiro atoms. The zero-order valence-corrected chi connectivity index (χ0v) is 35.5. The van der Waals surface area contributed by atoms with Crippen molar-refractivity contribution in [3.05, 3.63) is 0 Å². The van der Waals surface area contributed by atoms with E-state index in [1.54, 1.807) is 0 Å². The highest BCUT2D eigenvalue weighted by Gasteiger charge is 2.19. The first-order valence-electron chi connectivity index (χ1n) is 23.2. The van der Waals surface area contributed by atoms with Gasteiger partial charge in [-0.05, 0) is 12.8 Å². The smallest absolute Gasteiger partial charge is 0.232 e. The van der Waals surface area contributed by atoms with Crippen LogP contribution in [0.2, 0.25) is 0 Å². The monoisotopic (exact) mass is 729 g/mol. The molecule has 0 unspecified atom stereocenters. The summed E-state index contributed by atoms with van der Waals surface area (Å²) < 4.78 is 5.62. The van der Waals surface area contributed by atoms with Gasteiger partial charge in [0.1, 0.15) is 0 Å². The molecule has 1 aliphatic heterocycles. The fourth-order valence-electron chi connectivity index (χ4n) is 7.58. The molecule has 304 valence electrons. The molecule has 0 atom stereocenters. The molecule has 7 nitrogen and oxygen atoms in total. The third-order valence-corrected chi connectivity index (χ3v) is 11.3. The first kappa shape index (κ1) is 46.5. The standard InChI is InChI=1S/C45H88N6O/c1-5-7-9-11-13-15-17-19-21-23-25-27-29-31-33-35-37-49(3)43-46-44(48-45(47-43)51-39-41-52-42-40-51)50(4)38-36-34-32-30-28-26-24-22-20-18-16-14-12-10-8-6-2/h5-42H2,1-4H3. The van der Waals surface area contributed by atoms with Crippen LogP contribution in [0.5, 0.6) is 0 Å². The van der Waals surface area contributed by atoms with Crippen molar-refractivity contribution >= 4 is 17.8 Å². The van der Waals surface area contributed by atoms with Gasteiger partial charge >= 0.3 is 0 Å². The third kappa shape index (κ3) is 24.6. The Balaban J connectivity index is 1.59. The van der Waals surface area contributed by atoms with Crippen LogP contribution in [0.25, 0.3) is 0 Å². The van der Waals surface area contributed by atoms with Gasteiger partial charge in [-0.1, -0.05) is 206 Å². The van der Waals surface area contributed by atoms with Gasteiger partial charge in [0.2, 0.25) is 17.8 Å². The zero-order chi connectivity index (χ0) is 37.2. The van der Waals surface area contributed by atoms with Crippen molar-refractivity contribution in [2.45, 2.75) is 219 Å². The zero-order valence-electron chi connectivity index (χ0n) is 35.5. The molecular weight excluding hydrogens is 641 g/mol. The number of aromatic nitrogens is 3. The van der Waals surface area contributed by atoms with E-state index in [9.17, 15) is 0 Å². The molecule has 0 bridgehead atoms. The van der Waals surface area contributed by atoms with E-state index in [0.29, 0.717) is 0 Å². The first-order valence-corrected chi connectivity index (χ1v) is 23.2. The Kier molecular flexibility index (Phi) is 30.3. The first-order chi connectivity index (χ1) is 25.7. The van der Waals surface area contributed by atoms with Crippen molar-refractivity contribution in [3.8, 4) is 0 Å². The minimum Gasteiger partial charge on any atom is -0.378 e. The van der Waals surface area contributed by atoms with E-state index in [4.69, 9.17) is 19.7 Å². The Hall–Kier alpha value is -1.63. The summed E-state index contributed by atoms with van der Waals surface area (Å²) in [6, 6.07) is 0. The maximum absolute atomic E-state index is 5.62. The lowest BCUT2D eigenvalue weighted by molar-refractivity contribution is 0.122. The van der Waals surface area contributed by atoms with Crippen LogP contribution >= 0.6 is 0 Å². The molecule has 1 aliphatic rings. The maximum atomic E-state index is 5.62. The van der Waals surface area contributed by atoms with E-state index in [1.165, 1.54) is 205 Å². The van der Waals surface area contributed by atoms with Crippen LogP contribution in [0, 0.1) is 0 Å². The van der Waals surface area contributed by atoms with E-state index in [1.807, 2.05) is 0 Å². The van der Waals surface area contributed by atoms with E-state index in [2.05, 4.69) is 42.6 Å². The summed E-state index contributed by atoms with van der Waals surface area (Å²) in [4.78, 5) is 21.7. The van der Waals surface area contributed by atoms with Gasteiger partial charge in [-0.2, -0.15) is 15.0 Å². The van der Waals surface area contributed by atoms with Crippen LogP contribution in [0.1, 0.15) is 219 Å². The van der Waals surface area contributed by atoms with Crippen LogP contribution < -0.4 is 14.7 Å². The largest absolute Gasteiger partial charge is 0.378 e. The highest BCUT2D eigenvalue weighted by atomic mass is 16.5. The quantitative estimate of drug-likeness (QED) is 0.0632. The molecule has 0 aliphatic carbocycles. The van der Waals surface area contributed by atoms with Gasteiger partial charge in [-0.25, -0.2) is 0 Å². The van der Waals surface area contributed by atoms with Crippen molar-refractivity contribution in [3.63, 3.8) is 0 Å². The Labute approximate surface area is 324 Å². The predicted octanol–water partition coefficient (Wildman–Crippen LogP) is 13.1. The number of hydrogen-bond acceptors (Lipinski definition) is 7. The summed E-state index contributed by atoms with van der Waals surface area (Å²) in [5.74, 6) is 2.43. The molecule has 2 heterocycles. The van der Waals surface area contributed by atoms with Crippen molar-refractivity contribution in [1.82, 2.24) is 15.0 Å². The van der Waals surface area contributed by atoms with E-state index in [0.717, 1.165) is 57.2 Å². The summed E-state index contributed by atoms with van der Waals surface area (Å²) in [6.07, 6.45) is 44.7. The number of anilines is 3. The Morgan fingerprint density at radius 1 is 0.404 bits per heavy atom. The van der Waals surface area contributed by atoms with Gasteiger partial charge in [0, 0.05) is 40.3 Å². The average molecular weight is 729 g/mol. The van der Waals surface area contributed by atoms with Crippen LogP contribution in [-0.4, -0.2) is 68.4 Å². The van der Waals surface area contributed by atoms with E-state index < -0.39 is 0 Å². The Morgan fingerprint density at radius 3 is 0.962 bits per heavy atom. The van der Waals surface area contributed by atoms with Gasteiger partial charge in [0.15, 0.2) is 0 Å². The number of rotatable bonds is 37. The second-order valence-corrected chi connectivity index (χ2v) is 16.3. The third-order valence-electron chi connectivity index (χ3n) is 11.3. The number of hydrogen-bond donors (Lipinski definition) is 0. The second kappa shape index (κ2) is 33.9. The van der Waals surface area contributed by atoms with Crippen LogP contribution in [0.15, 0.2) is 0 Å². The van der Waals surface area contributed by atoms with Gasteiger partial charge in [0.05, 0.1) is 13.2 Å². The second-order valence-electron chi connectivity index (χ2n) is 16.3. The van der Waals surface area contributed by atoms with Crippen molar-refractivity contribution in [2.24, 2.45) is 0 Å². The van der Waals surface area contributed by atoms with Crippen LogP contribution in [0.3, 0.4) is 0 Å². The lowest BCUT2D eigenvalue weighted by atomic mass is 10.0. The van der Waals surface area contributed by atoms with Gasteiger partial charge in [-0.3, -0.25) is 0 Å². The molecule has 7 heteroatoms. The Bertz CT molecular complexity index is 850. The van der Waals surface area contributed by atoms with Crippen LogP contribution in [-0.2, 0) is 4.74 Å². The van der Waals surface area contributed by atoms with E-state index >= 15 is 0 Å². The molecule has 1 fully saturated rings. The molecule has 1 aromatic rings. The van der Waals surface area contributed by atoms with Crippen molar-refractivity contribution in [1.29, 1.82) is 0 Å². The van der Waals surface area contributed by atoms with Gasteiger partial charge < -0.3 is 19.4 Å². The van der Waals surface area contributed by atoms with Crippen molar-refractivity contribution in [2.75, 3.05) is 68.2 Å². The number of morpholine rings is 1. The predicted molar refractivity (Wildman–Crippen MR) is 228 cm³/mol. The molecular formula is C45H88N6O. The number of nitrogens with zero attached hydrogens (tertiary/aromatic N) is 6. The summed E-state index contributed by atoms with van der Waals surface area (Å²) in [7, 11) is 4.31.